The fourth-order valence-electron chi connectivity index (χ4n) is 3.09. The topological polar surface area (TPSA) is 84.6 Å². The maximum atomic E-state index is 11.8. The minimum Gasteiger partial charge on any atom is -0.444 e. The summed E-state index contributed by atoms with van der Waals surface area (Å²) < 4.78 is 5.24. The smallest absolute Gasteiger partial charge is 0.412 e. The summed E-state index contributed by atoms with van der Waals surface area (Å²) in [6, 6.07) is 7.78. The molecule has 2 rings (SSSR count). The number of carbonyl (C=O) groups excluding carboxylic acids is 1. The molecule has 0 bridgehead atoms. The first-order valence-corrected chi connectivity index (χ1v) is 8.23. The standard InChI is InChI=1S/C18H28N2O3/c1-17(2,3)23-16(22)20-14-6-4-13(5-7-14)18(12-19)10-8-15(21)9-11-18/h4-7,15,21H,8-12,19H2,1-3H3,(H,20,22). The summed E-state index contributed by atoms with van der Waals surface area (Å²) in [5, 5.41) is 12.5. The van der Waals surface area contributed by atoms with Gasteiger partial charge in [-0.2, -0.15) is 0 Å². The molecule has 1 amide bonds. The minimum atomic E-state index is -0.517. The van der Waals surface area contributed by atoms with Crippen molar-refractivity contribution in [1.82, 2.24) is 0 Å². The van der Waals surface area contributed by atoms with Crippen molar-refractivity contribution in [2.24, 2.45) is 5.73 Å². The maximum Gasteiger partial charge on any atom is 0.412 e. The number of aliphatic hydroxyl groups excluding tert-OH is 1. The number of carbonyl (C=O) groups is 1. The molecule has 0 saturated heterocycles. The van der Waals surface area contributed by atoms with Crippen molar-refractivity contribution in [3.8, 4) is 0 Å². The van der Waals surface area contributed by atoms with E-state index in [1.807, 2.05) is 45.0 Å². The number of nitrogens with two attached hydrogens (primary N) is 1. The van der Waals surface area contributed by atoms with Gasteiger partial charge in [-0.05, 0) is 64.2 Å². The summed E-state index contributed by atoms with van der Waals surface area (Å²) in [6.45, 7) is 6.06. The van der Waals surface area contributed by atoms with E-state index >= 15 is 0 Å². The van der Waals surface area contributed by atoms with Crippen LogP contribution in [0.1, 0.15) is 52.0 Å². The molecular formula is C18H28N2O3. The van der Waals surface area contributed by atoms with Crippen LogP contribution in [0.25, 0.3) is 0 Å². The van der Waals surface area contributed by atoms with Gasteiger partial charge in [0, 0.05) is 17.6 Å². The summed E-state index contributed by atoms with van der Waals surface area (Å²) in [4.78, 5) is 11.8. The van der Waals surface area contributed by atoms with Gasteiger partial charge in [-0.1, -0.05) is 12.1 Å². The molecule has 1 aromatic rings. The Hall–Kier alpha value is -1.59. The molecule has 0 unspecified atom stereocenters. The lowest BCUT2D eigenvalue weighted by Gasteiger charge is -2.38. The number of hydrogen-bond acceptors (Lipinski definition) is 4. The van der Waals surface area contributed by atoms with Gasteiger partial charge in [-0.15, -0.1) is 0 Å². The molecule has 0 aromatic heterocycles. The highest BCUT2D eigenvalue weighted by atomic mass is 16.6. The van der Waals surface area contributed by atoms with Crippen molar-refractivity contribution in [1.29, 1.82) is 0 Å². The quantitative estimate of drug-likeness (QED) is 0.798. The van der Waals surface area contributed by atoms with E-state index in [1.54, 1.807) is 0 Å². The van der Waals surface area contributed by atoms with Crippen molar-refractivity contribution in [2.45, 2.75) is 63.6 Å². The number of amides is 1. The predicted molar refractivity (Wildman–Crippen MR) is 91.5 cm³/mol. The second-order valence-electron chi connectivity index (χ2n) is 7.42. The summed E-state index contributed by atoms with van der Waals surface area (Å²) in [5.74, 6) is 0. The highest BCUT2D eigenvalue weighted by Crippen LogP contribution is 2.39. The van der Waals surface area contributed by atoms with Gasteiger partial charge in [0.25, 0.3) is 0 Å². The van der Waals surface area contributed by atoms with E-state index in [1.165, 1.54) is 5.56 Å². The molecule has 5 nitrogen and oxygen atoms in total. The Balaban J connectivity index is 2.05. The van der Waals surface area contributed by atoms with E-state index in [9.17, 15) is 9.90 Å². The van der Waals surface area contributed by atoms with E-state index in [-0.39, 0.29) is 11.5 Å². The van der Waals surface area contributed by atoms with Crippen LogP contribution in [0.3, 0.4) is 0 Å². The Morgan fingerprint density at radius 2 is 1.87 bits per heavy atom. The van der Waals surface area contributed by atoms with Crippen LogP contribution in [0, 0.1) is 0 Å². The number of rotatable bonds is 3. The Morgan fingerprint density at radius 3 is 2.35 bits per heavy atom. The van der Waals surface area contributed by atoms with Crippen molar-refractivity contribution < 1.29 is 14.6 Å². The highest BCUT2D eigenvalue weighted by molar-refractivity contribution is 5.84. The monoisotopic (exact) mass is 320 g/mol. The van der Waals surface area contributed by atoms with Crippen LogP contribution in [-0.4, -0.2) is 29.4 Å². The van der Waals surface area contributed by atoms with Gasteiger partial charge in [0.2, 0.25) is 0 Å². The second-order valence-corrected chi connectivity index (χ2v) is 7.42. The van der Waals surface area contributed by atoms with E-state index in [2.05, 4.69) is 5.32 Å². The summed E-state index contributed by atoms with van der Waals surface area (Å²) in [5.41, 5.74) is 7.32. The molecule has 4 N–H and O–H groups in total. The van der Waals surface area contributed by atoms with Crippen LogP contribution < -0.4 is 11.1 Å². The minimum absolute atomic E-state index is 0.0658. The van der Waals surface area contributed by atoms with Crippen LogP contribution >= 0.6 is 0 Å². The first-order chi connectivity index (χ1) is 10.7. The third kappa shape index (κ3) is 4.69. The SMILES string of the molecule is CC(C)(C)OC(=O)Nc1ccc(C2(CN)CCC(O)CC2)cc1. The fraction of sp³-hybridized carbons (Fsp3) is 0.611. The van der Waals surface area contributed by atoms with Crippen LogP contribution in [0.15, 0.2) is 24.3 Å². The molecule has 23 heavy (non-hydrogen) atoms. The molecule has 5 heteroatoms. The van der Waals surface area contributed by atoms with E-state index < -0.39 is 11.7 Å². The first-order valence-electron chi connectivity index (χ1n) is 8.23. The maximum absolute atomic E-state index is 11.8. The number of aliphatic hydroxyl groups is 1. The first kappa shape index (κ1) is 17.8. The molecule has 1 aromatic carbocycles. The van der Waals surface area contributed by atoms with Crippen molar-refractivity contribution in [3.05, 3.63) is 29.8 Å². The average molecular weight is 320 g/mol. The van der Waals surface area contributed by atoms with E-state index in [4.69, 9.17) is 10.5 Å². The number of ether oxygens (including phenoxy) is 1. The highest BCUT2D eigenvalue weighted by Gasteiger charge is 2.35. The van der Waals surface area contributed by atoms with Gasteiger partial charge in [0.05, 0.1) is 6.10 Å². The third-order valence-corrected chi connectivity index (χ3v) is 4.45. The lowest BCUT2D eigenvalue weighted by Crippen LogP contribution is -2.40. The van der Waals surface area contributed by atoms with Crippen LogP contribution in [0.2, 0.25) is 0 Å². The summed E-state index contributed by atoms with van der Waals surface area (Å²) in [6.07, 6.45) is 2.69. The van der Waals surface area contributed by atoms with Gasteiger partial charge in [-0.3, -0.25) is 5.32 Å². The van der Waals surface area contributed by atoms with Gasteiger partial charge in [0.1, 0.15) is 5.60 Å². The van der Waals surface area contributed by atoms with Crippen molar-refractivity contribution in [2.75, 3.05) is 11.9 Å². The summed E-state index contributed by atoms with van der Waals surface area (Å²) in [7, 11) is 0. The largest absolute Gasteiger partial charge is 0.444 e. The van der Waals surface area contributed by atoms with Crippen LogP contribution in [0.5, 0.6) is 0 Å². The Morgan fingerprint density at radius 1 is 1.30 bits per heavy atom. The zero-order chi connectivity index (χ0) is 17.1. The van der Waals surface area contributed by atoms with Gasteiger partial charge in [0.15, 0.2) is 0 Å². The zero-order valence-corrected chi connectivity index (χ0v) is 14.3. The molecule has 1 fully saturated rings. The fourth-order valence-corrected chi connectivity index (χ4v) is 3.09. The van der Waals surface area contributed by atoms with Crippen LogP contribution in [-0.2, 0) is 10.2 Å². The molecule has 1 saturated carbocycles. The molecular weight excluding hydrogens is 292 g/mol. The molecule has 0 aliphatic heterocycles. The molecule has 0 radical (unpaired) electrons. The number of hydrogen-bond donors (Lipinski definition) is 3. The molecule has 0 spiro atoms. The van der Waals surface area contributed by atoms with E-state index in [0.29, 0.717) is 12.2 Å². The lowest BCUT2D eigenvalue weighted by molar-refractivity contribution is 0.0636. The molecule has 128 valence electrons. The third-order valence-electron chi connectivity index (χ3n) is 4.45. The number of nitrogens with one attached hydrogen (secondary N) is 1. The van der Waals surface area contributed by atoms with Crippen molar-refractivity contribution in [3.63, 3.8) is 0 Å². The normalized spacial score (nSPS) is 25.0. The Kier molecular flexibility index (Phi) is 5.32. The second kappa shape index (κ2) is 6.89. The average Bonchev–Trinajstić information content (AvgIpc) is 2.47. The van der Waals surface area contributed by atoms with Gasteiger partial charge < -0.3 is 15.6 Å². The van der Waals surface area contributed by atoms with E-state index in [0.717, 1.165) is 25.7 Å². The van der Waals surface area contributed by atoms with Gasteiger partial charge in [-0.25, -0.2) is 4.79 Å². The predicted octanol–water partition coefficient (Wildman–Crippen LogP) is 3.17. The molecule has 0 atom stereocenters. The van der Waals surface area contributed by atoms with Gasteiger partial charge >= 0.3 is 6.09 Å². The van der Waals surface area contributed by atoms with Crippen LogP contribution in [0.4, 0.5) is 10.5 Å². The molecule has 1 aliphatic rings. The number of anilines is 1. The molecule has 0 heterocycles. The Labute approximate surface area is 138 Å². The summed E-state index contributed by atoms with van der Waals surface area (Å²) >= 11 is 0. The van der Waals surface area contributed by atoms with Crippen molar-refractivity contribution >= 4 is 11.8 Å². The Bertz CT molecular complexity index is 526. The number of benzene rings is 1. The lowest BCUT2D eigenvalue weighted by atomic mass is 9.69. The molecule has 1 aliphatic carbocycles. The zero-order valence-electron chi connectivity index (χ0n) is 14.3.